The highest BCUT2D eigenvalue weighted by molar-refractivity contribution is 5.85. The third kappa shape index (κ3) is 6.24. The van der Waals surface area contributed by atoms with Gasteiger partial charge in [-0.2, -0.15) is 0 Å². The van der Waals surface area contributed by atoms with Crippen molar-refractivity contribution in [2.45, 2.75) is 33.1 Å². The Morgan fingerprint density at radius 2 is 1.86 bits per heavy atom. The molecule has 4 nitrogen and oxygen atoms in total. The standard InChI is InChI=1S/C17H28N2O2.ClH/c1-13(14-6-8-15(21-5)9-7-14)10-16(20)19(4)12-17(2,3)11-18;/h6-9,13H,10-12,18H2,1-5H3;1H. The third-order valence-corrected chi connectivity index (χ3v) is 3.81. The number of nitrogens with zero attached hydrogens (tertiary/aromatic N) is 1. The molecule has 0 heterocycles. The van der Waals surface area contributed by atoms with E-state index in [0.29, 0.717) is 19.5 Å². The van der Waals surface area contributed by atoms with Crippen molar-refractivity contribution in [3.63, 3.8) is 0 Å². The molecule has 0 aliphatic heterocycles. The highest BCUT2D eigenvalue weighted by Gasteiger charge is 2.22. The maximum absolute atomic E-state index is 12.3. The van der Waals surface area contributed by atoms with Crippen LogP contribution in [0.25, 0.3) is 0 Å². The zero-order valence-electron chi connectivity index (χ0n) is 14.3. The summed E-state index contributed by atoms with van der Waals surface area (Å²) >= 11 is 0. The van der Waals surface area contributed by atoms with Gasteiger partial charge in [0.05, 0.1) is 7.11 Å². The quantitative estimate of drug-likeness (QED) is 0.837. The lowest BCUT2D eigenvalue weighted by molar-refractivity contribution is -0.131. The summed E-state index contributed by atoms with van der Waals surface area (Å²) in [5, 5.41) is 0. The molecule has 1 atom stereocenters. The van der Waals surface area contributed by atoms with Crippen LogP contribution in [0.4, 0.5) is 0 Å². The third-order valence-electron chi connectivity index (χ3n) is 3.81. The Kier molecular flexibility index (Phi) is 8.49. The second kappa shape index (κ2) is 9.01. The van der Waals surface area contributed by atoms with E-state index < -0.39 is 0 Å². The fraction of sp³-hybridized carbons (Fsp3) is 0.588. The van der Waals surface area contributed by atoms with E-state index in [1.165, 1.54) is 0 Å². The molecule has 0 bridgehead atoms. The molecule has 126 valence electrons. The molecular weight excluding hydrogens is 300 g/mol. The molecule has 2 N–H and O–H groups in total. The molecule has 0 aromatic heterocycles. The largest absolute Gasteiger partial charge is 0.497 e. The second-order valence-corrected chi connectivity index (χ2v) is 6.50. The van der Waals surface area contributed by atoms with Crippen molar-refractivity contribution < 1.29 is 9.53 Å². The van der Waals surface area contributed by atoms with Gasteiger partial charge < -0.3 is 15.4 Å². The number of nitrogens with two attached hydrogens (primary N) is 1. The van der Waals surface area contributed by atoms with E-state index in [2.05, 4.69) is 20.8 Å². The Morgan fingerprint density at radius 1 is 1.32 bits per heavy atom. The molecule has 1 rings (SSSR count). The predicted molar refractivity (Wildman–Crippen MR) is 93.7 cm³/mol. The molecule has 1 aromatic carbocycles. The molecule has 1 amide bonds. The Balaban J connectivity index is 0.00000441. The highest BCUT2D eigenvalue weighted by atomic mass is 35.5. The molecule has 0 spiro atoms. The van der Waals surface area contributed by atoms with Crippen LogP contribution in [-0.2, 0) is 4.79 Å². The Morgan fingerprint density at radius 3 is 2.32 bits per heavy atom. The van der Waals surface area contributed by atoms with Crippen LogP contribution in [-0.4, -0.2) is 38.1 Å². The molecule has 0 radical (unpaired) electrons. The number of methoxy groups -OCH3 is 1. The van der Waals surface area contributed by atoms with E-state index >= 15 is 0 Å². The van der Waals surface area contributed by atoms with Crippen molar-refractivity contribution >= 4 is 18.3 Å². The second-order valence-electron chi connectivity index (χ2n) is 6.50. The zero-order valence-corrected chi connectivity index (χ0v) is 15.1. The van der Waals surface area contributed by atoms with Crippen molar-refractivity contribution in [2.24, 2.45) is 11.1 Å². The molecule has 5 heteroatoms. The van der Waals surface area contributed by atoms with E-state index in [9.17, 15) is 4.79 Å². The lowest BCUT2D eigenvalue weighted by Gasteiger charge is -2.29. The monoisotopic (exact) mass is 328 g/mol. The SMILES string of the molecule is COc1ccc(C(C)CC(=O)N(C)CC(C)(C)CN)cc1.Cl. The van der Waals surface area contributed by atoms with Gasteiger partial charge in [-0.15, -0.1) is 12.4 Å². The van der Waals surface area contributed by atoms with Gasteiger partial charge in [-0.3, -0.25) is 4.79 Å². The van der Waals surface area contributed by atoms with E-state index in [0.717, 1.165) is 11.3 Å². The molecule has 0 saturated heterocycles. The molecule has 0 saturated carbocycles. The first kappa shape index (κ1) is 20.7. The van der Waals surface area contributed by atoms with Crippen LogP contribution in [0, 0.1) is 5.41 Å². The molecule has 0 fully saturated rings. The van der Waals surface area contributed by atoms with Gasteiger partial charge in [0.1, 0.15) is 5.75 Å². The van der Waals surface area contributed by atoms with Crippen molar-refractivity contribution in [2.75, 3.05) is 27.2 Å². The molecule has 22 heavy (non-hydrogen) atoms. The summed E-state index contributed by atoms with van der Waals surface area (Å²) in [5.74, 6) is 1.17. The lowest BCUT2D eigenvalue weighted by Crippen LogP contribution is -2.40. The number of benzene rings is 1. The topological polar surface area (TPSA) is 55.6 Å². The van der Waals surface area contributed by atoms with Crippen molar-refractivity contribution in [1.29, 1.82) is 0 Å². The van der Waals surface area contributed by atoms with Crippen LogP contribution in [0.1, 0.15) is 38.7 Å². The van der Waals surface area contributed by atoms with Crippen LogP contribution >= 0.6 is 12.4 Å². The Bertz CT molecular complexity index is 460. The predicted octanol–water partition coefficient (Wildman–Crippen LogP) is 3.05. The summed E-state index contributed by atoms with van der Waals surface area (Å²) in [5.41, 5.74) is 6.83. The fourth-order valence-corrected chi connectivity index (χ4v) is 2.26. The van der Waals surface area contributed by atoms with Crippen molar-refractivity contribution in [3.05, 3.63) is 29.8 Å². The Hall–Kier alpha value is -1.26. The van der Waals surface area contributed by atoms with Crippen LogP contribution in [0.2, 0.25) is 0 Å². The van der Waals surface area contributed by atoms with Gasteiger partial charge in [-0.25, -0.2) is 0 Å². The number of ether oxygens (including phenoxy) is 1. The summed E-state index contributed by atoms with van der Waals surface area (Å²) in [6.07, 6.45) is 0.503. The maximum atomic E-state index is 12.3. The smallest absolute Gasteiger partial charge is 0.222 e. The minimum atomic E-state index is -0.0479. The normalized spacial score (nSPS) is 12.3. The van der Waals surface area contributed by atoms with Gasteiger partial charge in [0.2, 0.25) is 5.91 Å². The van der Waals surface area contributed by atoms with Crippen LogP contribution in [0.3, 0.4) is 0 Å². The van der Waals surface area contributed by atoms with E-state index in [1.807, 2.05) is 31.3 Å². The number of halogens is 1. The molecule has 0 aliphatic rings. The van der Waals surface area contributed by atoms with Gasteiger partial charge in [-0.1, -0.05) is 32.9 Å². The zero-order chi connectivity index (χ0) is 16.0. The number of hydrogen-bond donors (Lipinski definition) is 1. The number of carbonyl (C=O) groups excluding carboxylic acids is 1. The van der Waals surface area contributed by atoms with Crippen LogP contribution < -0.4 is 10.5 Å². The average molecular weight is 329 g/mol. The first-order chi connectivity index (χ1) is 9.79. The Labute approximate surface area is 140 Å². The lowest BCUT2D eigenvalue weighted by atomic mass is 9.92. The van der Waals surface area contributed by atoms with E-state index in [-0.39, 0.29) is 29.6 Å². The number of rotatable bonds is 7. The molecule has 0 aliphatic carbocycles. The molecular formula is C17H29ClN2O2. The minimum absolute atomic E-state index is 0. The van der Waals surface area contributed by atoms with Crippen molar-refractivity contribution in [3.8, 4) is 5.75 Å². The van der Waals surface area contributed by atoms with Gasteiger partial charge in [0.25, 0.3) is 0 Å². The summed E-state index contributed by atoms with van der Waals surface area (Å²) in [7, 11) is 3.50. The summed E-state index contributed by atoms with van der Waals surface area (Å²) in [4.78, 5) is 14.1. The minimum Gasteiger partial charge on any atom is -0.497 e. The van der Waals surface area contributed by atoms with E-state index in [1.54, 1.807) is 12.0 Å². The molecule has 1 unspecified atom stereocenters. The number of carbonyl (C=O) groups is 1. The number of amides is 1. The van der Waals surface area contributed by atoms with Crippen LogP contribution in [0.15, 0.2) is 24.3 Å². The first-order valence-electron chi connectivity index (χ1n) is 7.37. The van der Waals surface area contributed by atoms with E-state index in [4.69, 9.17) is 10.5 Å². The molecule has 1 aromatic rings. The highest BCUT2D eigenvalue weighted by Crippen LogP contribution is 2.23. The summed E-state index contributed by atoms with van der Waals surface area (Å²) in [6, 6.07) is 7.89. The van der Waals surface area contributed by atoms with Gasteiger partial charge in [0.15, 0.2) is 0 Å². The van der Waals surface area contributed by atoms with Gasteiger partial charge >= 0.3 is 0 Å². The number of hydrogen-bond acceptors (Lipinski definition) is 3. The van der Waals surface area contributed by atoms with Crippen LogP contribution in [0.5, 0.6) is 5.75 Å². The van der Waals surface area contributed by atoms with Gasteiger partial charge in [0, 0.05) is 20.0 Å². The summed E-state index contributed by atoms with van der Waals surface area (Å²) < 4.78 is 5.15. The average Bonchev–Trinajstić information content (AvgIpc) is 2.46. The van der Waals surface area contributed by atoms with Crippen molar-refractivity contribution in [1.82, 2.24) is 4.90 Å². The summed E-state index contributed by atoms with van der Waals surface area (Å²) in [6.45, 7) is 7.46. The maximum Gasteiger partial charge on any atom is 0.222 e. The fourth-order valence-electron chi connectivity index (χ4n) is 2.26. The van der Waals surface area contributed by atoms with Gasteiger partial charge in [-0.05, 0) is 35.6 Å². The first-order valence-corrected chi connectivity index (χ1v) is 7.37.